The van der Waals surface area contributed by atoms with Gasteiger partial charge in [-0.3, -0.25) is 9.10 Å². The van der Waals surface area contributed by atoms with Crippen molar-refractivity contribution in [2.24, 2.45) is 0 Å². The highest BCUT2D eigenvalue weighted by Gasteiger charge is 2.22. The molecule has 0 heterocycles. The molecule has 1 N–H and O–H groups in total. The van der Waals surface area contributed by atoms with E-state index in [0.717, 1.165) is 22.2 Å². The summed E-state index contributed by atoms with van der Waals surface area (Å²) in [7, 11) is -3.73. The second-order valence-corrected chi connectivity index (χ2v) is 7.60. The van der Waals surface area contributed by atoms with Gasteiger partial charge < -0.3 is 5.32 Å². The van der Waals surface area contributed by atoms with Gasteiger partial charge in [0.2, 0.25) is 15.9 Å². The lowest BCUT2D eigenvalue weighted by Crippen LogP contribution is -2.41. The number of carbonyl (C=O) groups excluding carboxylic acids is 1. The minimum Gasteiger partial charge on any atom is -0.348 e. The van der Waals surface area contributed by atoms with Crippen LogP contribution in [-0.4, -0.2) is 27.1 Å². The molecule has 0 saturated carbocycles. The number of hydrogen-bond acceptors (Lipinski definition) is 3. The molecule has 2 rings (SSSR count). The molecule has 0 spiro atoms. The number of benzene rings is 2. The molecule has 25 heavy (non-hydrogen) atoms. The monoisotopic (exact) mass is 364 g/mol. The van der Waals surface area contributed by atoms with Gasteiger partial charge in [-0.2, -0.15) is 0 Å². The predicted molar refractivity (Wildman–Crippen MR) is 96.2 cm³/mol. The maximum atomic E-state index is 13.4. The molecule has 0 aliphatic carbocycles. The van der Waals surface area contributed by atoms with E-state index in [1.54, 1.807) is 0 Å². The van der Waals surface area contributed by atoms with Crippen LogP contribution in [0.1, 0.15) is 24.9 Å². The lowest BCUT2D eigenvalue weighted by molar-refractivity contribution is -0.120. The Labute approximate surface area is 147 Å². The summed E-state index contributed by atoms with van der Waals surface area (Å²) < 4.78 is 38.4. The minimum absolute atomic E-state index is 0.116. The third-order valence-electron chi connectivity index (χ3n) is 3.73. The number of nitrogens with zero attached hydrogens (tertiary/aromatic N) is 1. The Kier molecular flexibility index (Phi) is 6.14. The largest absolute Gasteiger partial charge is 0.348 e. The lowest BCUT2D eigenvalue weighted by Gasteiger charge is -2.24. The van der Waals surface area contributed by atoms with Gasteiger partial charge in [0.15, 0.2) is 0 Å². The predicted octanol–water partition coefficient (Wildman–Crippen LogP) is 2.86. The summed E-state index contributed by atoms with van der Waals surface area (Å²) in [5.74, 6) is -1.02. The molecule has 134 valence electrons. The number of halogens is 1. The Morgan fingerprint density at radius 3 is 2.40 bits per heavy atom. The van der Waals surface area contributed by atoms with Crippen LogP contribution in [0.2, 0.25) is 0 Å². The molecule has 1 atom stereocenters. The van der Waals surface area contributed by atoms with Crippen molar-refractivity contribution in [2.75, 3.05) is 17.1 Å². The van der Waals surface area contributed by atoms with Crippen molar-refractivity contribution in [1.29, 1.82) is 0 Å². The summed E-state index contributed by atoms with van der Waals surface area (Å²) in [6.45, 7) is 1.52. The first kappa shape index (κ1) is 18.9. The van der Waals surface area contributed by atoms with Crippen molar-refractivity contribution < 1.29 is 17.6 Å². The van der Waals surface area contributed by atoms with Crippen molar-refractivity contribution in [2.45, 2.75) is 19.4 Å². The summed E-state index contributed by atoms with van der Waals surface area (Å²) in [6.07, 6.45) is 1.65. The Balaban J connectivity index is 2.17. The van der Waals surface area contributed by atoms with E-state index in [-0.39, 0.29) is 11.7 Å². The zero-order chi connectivity index (χ0) is 18.4. The first-order valence-electron chi connectivity index (χ1n) is 7.89. The van der Waals surface area contributed by atoms with Crippen molar-refractivity contribution in [3.63, 3.8) is 0 Å². The summed E-state index contributed by atoms with van der Waals surface area (Å²) in [4.78, 5) is 12.4. The van der Waals surface area contributed by atoms with Crippen LogP contribution < -0.4 is 9.62 Å². The molecule has 2 aromatic rings. The van der Waals surface area contributed by atoms with Crippen molar-refractivity contribution >= 4 is 21.6 Å². The fourth-order valence-corrected chi connectivity index (χ4v) is 3.36. The van der Waals surface area contributed by atoms with E-state index in [1.807, 2.05) is 37.3 Å². The molecule has 0 radical (unpaired) electrons. The molecule has 0 fully saturated rings. The number of carbonyl (C=O) groups is 1. The molecule has 0 bridgehead atoms. The maximum absolute atomic E-state index is 13.4. The number of hydrogen-bond donors (Lipinski definition) is 1. The van der Waals surface area contributed by atoms with Crippen molar-refractivity contribution in [3.8, 4) is 0 Å². The summed E-state index contributed by atoms with van der Waals surface area (Å²) in [5.41, 5.74) is 1.06. The molecule has 1 amide bonds. The fraction of sp³-hybridized carbons (Fsp3) is 0.278. The van der Waals surface area contributed by atoms with Crippen LogP contribution in [0, 0.1) is 5.82 Å². The van der Waals surface area contributed by atoms with Gasteiger partial charge in [-0.1, -0.05) is 43.3 Å². The van der Waals surface area contributed by atoms with E-state index in [4.69, 9.17) is 0 Å². The highest BCUT2D eigenvalue weighted by Crippen LogP contribution is 2.19. The molecule has 2 aromatic carbocycles. The Bertz CT molecular complexity index is 825. The van der Waals surface area contributed by atoms with Gasteiger partial charge in [-0.25, -0.2) is 12.8 Å². The molecule has 0 aliphatic rings. The summed E-state index contributed by atoms with van der Waals surface area (Å²) in [5, 5.41) is 2.83. The smallest absolute Gasteiger partial charge is 0.241 e. The molecule has 0 unspecified atom stereocenters. The van der Waals surface area contributed by atoms with Crippen LogP contribution in [0.15, 0.2) is 54.6 Å². The van der Waals surface area contributed by atoms with Gasteiger partial charge >= 0.3 is 0 Å². The third-order valence-corrected chi connectivity index (χ3v) is 4.87. The maximum Gasteiger partial charge on any atom is 0.241 e. The van der Waals surface area contributed by atoms with Gasteiger partial charge in [0.25, 0.3) is 0 Å². The average Bonchev–Trinajstić information content (AvgIpc) is 2.57. The van der Waals surface area contributed by atoms with Crippen LogP contribution >= 0.6 is 0 Å². The molecule has 5 nitrogen and oxygen atoms in total. The van der Waals surface area contributed by atoms with Gasteiger partial charge in [-0.15, -0.1) is 0 Å². The van der Waals surface area contributed by atoms with Gasteiger partial charge in [0.1, 0.15) is 12.4 Å². The zero-order valence-electron chi connectivity index (χ0n) is 14.1. The van der Waals surface area contributed by atoms with E-state index in [9.17, 15) is 17.6 Å². The first-order valence-corrected chi connectivity index (χ1v) is 9.73. The van der Waals surface area contributed by atoms with Gasteiger partial charge in [0, 0.05) is 0 Å². The van der Waals surface area contributed by atoms with E-state index in [0.29, 0.717) is 6.42 Å². The van der Waals surface area contributed by atoms with E-state index in [2.05, 4.69) is 5.32 Å². The van der Waals surface area contributed by atoms with Gasteiger partial charge in [-0.05, 0) is 30.2 Å². The van der Waals surface area contributed by atoms with Crippen molar-refractivity contribution in [1.82, 2.24) is 5.32 Å². The normalized spacial score (nSPS) is 12.4. The minimum atomic E-state index is -3.73. The summed E-state index contributed by atoms with van der Waals surface area (Å²) >= 11 is 0. The van der Waals surface area contributed by atoms with Crippen LogP contribution in [0.5, 0.6) is 0 Å². The van der Waals surface area contributed by atoms with E-state index >= 15 is 0 Å². The van der Waals surface area contributed by atoms with Gasteiger partial charge in [0.05, 0.1) is 18.0 Å². The van der Waals surface area contributed by atoms with Crippen LogP contribution in [0.3, 0.4) is 0 Å². The molecule has 0 aliphatic heterocycles. The fourth-order valence-electron chi connectivity index (χ4n) is 2.51. The highest BCUT2D eigenvalue weighted by molar-refractivity contribution is 7.92. The molecule has 0 saturated heterocycles. The topological polar surface area (TPSA) is 66.5 Å². The molecule has 0 aromatic heterocycles. The lowest BCUT2D eigenvalue weighted by atomic mass is 10.0. The zero-order valence-corrected chi connectivity index (χ0v) is 15.0. The Morgan fingerprint density at radius 1 is 1.16 bits per heavy atom. The number of anilines is 1. The Morgan fingerprint density at radius 2 is 1.84 bits per heavy atom. The standard InChI is InChI=1S/C18H21FN2O3S/c1-3-17(14-8-5-4-6-9-14)20-18(22)13-21(25(2,23)24)16-11-7-10-15(19)12-16/h4-12,17H,3,13H2,1-2H3,(H,20,22)/t17-/m1/s1. The molecular formula is C18H21FN2O3S. The van der Waals surface area contributed by atoms with Crippen LogP contribution in [-0.2, 0) is 14.8 Å². The van der Waals surface area contributed by atoms with E-state index in [1.165, 1.54) is 18.2 Å². The second-order valence-electron chi connectivity index (χ2n) is 5.69. The number of rotatable bonds is 7. The Hall–Kier alpha value is -2.41. The summed E-state index contributed by atoms with van der Waals surface area (Å²) in [6, 6.07) is 14.4. The van der Waals surface area contributed by atoms with E-state index < -0.39 is 28.3 Å². The first-order chi connectivity index (χ1) is 11.8. The average molecular weight is 364 g/mol. The highest BCUT2D eigenvalue weighted by atomic mass is 32.2. The quantitative estimate of drug-likeness (QED) is 0.821. The van der Waals surface area contributed by atoms with Crippen LogP contribution in [0.25, 0.3) is 0 Å². The van der Waals surface area contributed by atoms with Crippen LogP contribution in [0.4, 0.5) is 10.1 Å². The SMILES string of the molecule is CC[C@@H](NC(=O)CN(c1cccc(F)c1)S(C)(=O)=O)c1ccccc1. The van der Waals surface area contributed by atoms with Crippen molar-refractivity contribution in [3.05, 3.63) is 66.0 Å². The number of nitrogens with one attached hydrogen (secondary N) is 1. The second kappa shape index (κ2) is 8.11. The molecular weight excluding hydrogens is 343 g/mol. The number of sulfonamides is 1. The molecule has 7 heteroatoms. The third kappa shape index (κ3) is 5.29. The number of amides is 1.